The number of rotatable bonds is 2. The maximum Gasteiger partial charge on any atom is 0.227 e. The minimum atomic E-state index is -0.257. The van der Waals surface area contributed by atoms with Crippen molar-refractivity contribution in [2.24, 2.45) is 11.7 Å². The lowest BCUT2D eigenvalue weighted by molar-refractivity contribution is -0.120. The topological polar surface area (TPSA) is 55.1 Å². The van der Waals surface area contributed by atoms with Gasteiger partial charge in [0.05, 0.1) is 0 Å². The zero-order valence-electron chi connectivity index (χ0n) is 10.6. The highest BCUT2D eigenvalue weighted by atomic mass is 19.1. The van der Waals surface area contributed by atoms with Gasteiger partial charge in [0.15, 0.2) is 0 Å². The molecule has 3 nitrogen and oxygen atoms in total. The number of hydrogen-bond donors (Lipinski definition) is 2. The van der Waals surface area contributed by atoms with Gasteiger partial charge >= 0.3 is 0 Å². The Morgan fingerprint density at radius 2 is 2.22 bits per heavy atom. The summed E-state index contributed by atoms with van der Waals surface area (Å²) in [7, 11) is 0. The second-order valence-corrected chi connectivity index (χ2v) is 5.08. The zero-order valence-corrected chi connectivity index (χ0v) is 10.6. The summed E-state index contributed by atoms with van der Waals surface area (Å²) in [5.41, 5.74) is 7.06. The predicted octanol–water partition coefficient (Wildman–Crippen LogP) is 2.59. The number of carbonyl (C=O) groups excluding carboxylic acids is 1. The lowest BCUT2D eigenvalue weighted by Crippen LogP contribution is -2.34. The van der Waals surface area contributed by atoms with E-state index in [2.05, 4.69) is 5.32 Å². The third kappa shape index (κ3) is 3.07. The molecule has 0 spiro atoms. The van der Waals surface area contributed by atoms with Gasteiger partial charge in [0, 0.05) is 17.6 Å². The maximum atomic E-state index is 13.1. The summed E-state index contributed by atoms with van der Waals surface area (Å²) in [5.74, 6) is -0.275. The lowest BCUT2D eigenvalue weighted by atomic mass is 9.85. The van der Waals surface area contributed by atoms with E-state index in [1.165, 1.54) is 6.07 Å². The Bertz CT molecular complexity index is 447. The molecular formula is C14H19FN2O. The van der Waals surface area contributed by atoms with Crippen molar-refractivity contribution in [2.75, 3.05) is 5.32 Å². The van der Waals surface area contributed by atoms with Gasteiger partial charge in [-0.25, -0.2) is 4.39 Å². The van der Waals surface area contributed by atoms with E-state index in [0.29, 0.717) is 11.3 Å². The Balaban J connectivity index is 2.00. The number of nitrogens with one attached hydrogen (secondary N) is 1. The molecule has 1 aliphatic carbocycles. The molecule has 2 rings (SSSR count). The van der Waals surface area contributed by atoms with Gasteiger partial charge in [-0.3, -0.25) is 4.79 Å². The molecule has 0 aromatic heterocycles. The van der Waals surface area contributed by atoms with Crippen LogP contribution in [0.5, 0.6) is 0 Å². The van der Waals surface area contributed by atoms with Crippen LogP contribution < -0.4 is 11.1 Å². The summed E-state index contributed by atoms with van der Waals surface area (Å²) in [4.78, 5) is 12.0. The van der Waals surface area contributed by atoms with Gasteiger partial charge in [0.1, 0.15) is 5.82 Å². The first-order valence-electron chi connectivity index (χ1n) is 6.39. The predicted molar refractivity (Wildman–Crippen MR) is 69.7 cm³/mol. The van der Waals surface area contributed by atoms with Crippen LogP contribution in [0.25, 0.3) is 0 Å². The van der Waals surface area contributed by atoms with Gasteiger partial charge < -0.3 is 11.1 Å². The van der Waals surface area contributed by atoms with Gasteiger partial charge in [-0.1, -0.05) is 6.42 Å². The molecule has 18 heavy (non-hydrogen) atoms. The van der Waals surface area contributed by atoms with Crippen molar-refractivity contribution in [3.05, 3.63) is 29.6 Å². The Labute approximate surface area is 107 Å². The molecule has 3 N–H and O–H groups in total. The number of halogens is 1. The zero-order chi connectivity index (χ0) is 13.1. The number of hydrogen-bond acceptors (Lipinski definition) is 2. The van der Waals surface area contributed by atoms with Gasteiger partial charge in [-0.05, 0) is 49.9 Å². The van der Waals surface area contributed by atoms with Crippen LogP contribution in [-0.2, 0) is 4.79 Å². The monoisotopic (exact) mass is 250 g/mol. The summed E-state index contributed by atoms with van der Waals surface area (Å²) < 4.78 is 13.1. The van der Waals surface area contributed by atoms with E-state index in [4.69, 9.17) is 5.73 Å². The number of anilines is 1. The van der Waals surface area contributed by atoms with Crippen LogP contribution in [0.2, 0.25) is 0 Å². The molecule has 0 bridgehead atoms. The quantitative estimate of drug-likeness (QED) is 0.847. The normalized spacial score (nSPS) is 23.7. The summed E-state index contributed by atoms with van der Waals surface area (Å²) in [6.45, 7) is 1.68. The van der Waals surface area contributed by atoms with Gasteiger partial charge in [-0.15, -0.1) is 0 Å². The van der Waals surface area contributed by atoms with Crippen molar-refractivity contribution in [3.63, 3.8) is 0 Å². The van der Waals surface area contributed by atoms with E-state index in [-0.39, 0.29) is 23.7 Å². The maximum absolute atomic E-state index is 13.1. The highest BCUT2D eigenvalue weighted by molar-refractivity contribution is 5.92. The molecule has 1 aromatic rings. The minimum Gasteiger partial charge on any atom is -0.328 e. The second-order valence-electron chi connectivity index (χ2n) is 5.08. The van der Waals surface area contributed by atoms with Crippen LogP contribution in [0.1, 0.15) is 31.2 Å². The molecule has 0 saturated heterocycles. The lowest BCUT2D eigenvalue weighted by Gasteiger charge is -2.25. The van der Waals surface area contributed by atoms with Gasteiger partial charge in [-0.2, -0.15) is 0 Å². The molecule has 0 heterocycles. The number of aryl methyl sites for hydroxylation is 1. The van der Waals surface area contributed by atoms with Crippen LogP contribution in [0.3, 0.4) is 0 Å². The SMILES string of the molecule is Cc1cc(NC(=O)C2CCCC(N)C2)ccc1F. The molecule has 0 aliphatic heterocycles. The van der Waals surface area contributed by atoms with Crippen molar-refractivity contribution in [3.8, 4) is 0 Å². The smallest absolute Gasteiger partial charge is 0.227 e. The fourth-order valence-corrected chi connectivity index (χ4v) is 2.43. The third-order valence-corrected chi connectivity index (χ3v) is 3.51. The Morgan fingerprint density at radius 3 is 2.89 bits per heavy atom. The number of amides is 1. The highest BCUT2D eigenvalue weighted by Crippen LogP contribution is 2.24. The van der Waals surface area contributed by atoms with E-state index in [1.54, 1.807) is 19.1 Å². The van der Waals surface area contributed by atoms with Crippen molar-refractivity contribution < 1.29 is 9.18 Å². The minimum absolute atomic E-state index is 0.00356. The first-order chi connectivity index (χ1) is 8.56. The van der Waals surface area contributed by atoms with E-state index in [1.807, 2.05) is 0 Å². The standard InChI is InChI=1S/C14H19FN2O/c1-9-7-12(5-6-13(9)15)17-14(18)10-3-2-4-11(16)8-10/h5-7,10-11H,2-4,8,16H2,1H3,(H,17,18). The Hall–Kier alpha value is -1.42. The van der Waals surface area contributed by atoms with Crippen LogP contribution in [0.15, 0.2) is 18.2 Å². The fraction of sp³-hybridized carbons (Fsp3) is 0.500. The molecule has 1 saturated carbocycles. The van der Waals surface area contributed by atoms with Crippen molar-refractivity contribution in [2.45, 2.75) is 38.6 Å². The fourth-order valence-electron chi connectivity index (χ4n) is 2.43. The molecule has 2 unspecified atom stereocenters. The second kappa shape index (κ2) is 5.48. The number of nitrogens with two attached hydrogens (primary N) is 1. The van der Waals surface area contributed by atoms with Crippen molar-refractivity contribution in [1.29, 1.82) is 0 Å². The van der Waals surface area contributed by atoms with E-state index < -0.39 is 0 Å². The summed E-state index contributed by atoms with van der Waals surface area (Å²) in [6.07, 6.45) is 3.63. The van der Waals surface area contributed by atoms with E-state index >= 15 is 0 Å². The van der Waals surface area contributed by atoms with Crippen LogP contribution >= 0.6 is 0 Å². The van der Waals surface area contributed by atoms with E-state index in [9.17, 15) is 9.18 Å². The molecule has 2 atom stereocenters. The van der Waals surface area contributed by atoms with Crippen molar-refractivity contribution >= 4 is 11.6 Å². The summed E-state index contributed by atoms with van der Waals surface area (Å²) in [5, 5.41) is 2.84. The first-order valence-corrected chi connectivity index (χ1v) is 6.39. The molecular weight excluding hydrogens is 231 g/mol. The highest BCUT2D eigenvalue weighted by Gasteiger charge is 2.25. The summed E-state index contributed by atoms with van der Waals surface area (Å²) in [6, 6.07) is 4.74. The van der Waals surface area contributed by atoms with Crippen LogP contribution in [-0.4, -0.2) is 11.9 Å². The largest absolute Gasteiger partial charge is 0.328 e. The Kier molecular flexibility index (Phi) is 3.97. The van der Waals surface area contributed by atoms with Crippen LogP contribution in [0, 0.1) is 18.7 Å². The van der Waals surface area contributed by atoms with Gasteiger partial charge in [0.2, 0.25) is 5.91 Å². The average Bonchev–Trinajstić information content (AvgIpc) is 2.34. The summed E-state index contributed by atoms with van der Waals surface area (Å²) >= 11 is 0. The number of carbonyl (C=O) groups is 1. The van der Waals surface area contributed by atoms with Crippen molar-refractivity contribution in [1.82, 2.24) is 0 Å². The van der Waals surface area contributed by atoms with Gasteiger partial charge in [0.25, 0.3) is 0 Å². The number of benzene rings is 1. The molecule has 0 radical (unpaired) electrons. The molecule has 98 valence electrons. The Morgan fingerprint density at radius 1 is 1.44 bits per heavy atom. The third-order valence-electron chi connectivity index (χ3n) is 3.51. The first kappa shape index (κ1) is 13.0. The van der Waals surface area contributed by atoms with Crippen LogP contribution in [0.4, 0.5) is 10.1 Å². The molecule has 1 aromatic carbocycles. The van der Waals surface area contributed by atoms with E-state index in [0.717, 1.165) is 25.7 Å². The molecule has 1 aliphatic rings. The molecule has 4 heteroatoms. The molecule has 1 amide bonds. The average molecular weight is 250 g/mol. The molecule has 1 fully saturated rings.